The van der Waals surface area contributed by atoms with Crippen LogP contribution in [0.25, 0.3) is 10.2 Å². The molecule has 13 heavy (non-hydrogen) atoms. The van der Waals surface area contributed by atoms with E-state index in [4.69, 9.17) is 5.73 Å². The molecule has 68 valence electrons. The van der Waals surface area contributed by atoms with Crippen LogP contribution in [-0.4, -0.2) is 15.7 Å². The zero-order valence-electron chi connectivity index (χ0n) is 7.15. The van der Waals surface area contributed by atoms with Crippen molar-refractivity contribution < 1.29 is 0 Å². The van der Waals surface area contributed by atoms with Gasteiger partial charge in [-0.3, -0.25) is 0 Å². The largest absolute Gasteiger partial charge is 0.368 e. The van der Waals surface area contributed by atoms with Gasteiger partial charge in [-0.05, 0) is 17.2 Å². The van der Waals surface area contributed by atoms with E-state index in [-0.39, 0.29) is 0 Å². The van der Waals surface area contributed by atoms with Crippen LogP contribution in [0.1, 0.15) is 6.92 Å². The Morgan fingerprint density at radius 2 is 2.38 bits per heavy atom. The van der Waals surface area contributed by atoms with Gasteiger partial charge < -0.3 is 5.73 Å². The minimum absolute atomic E-state index is 0.367. The average Bonchev–Trinajstić information content (AvgIpc) is 2.52. The number of hydrogen-bond donors (Lipinski definition) is 1. The van der Waals surface area contributed by atoms with Crippen LogP contribution in [0, 0.1) is 0 Å². The molecule has 3 nitrogen and oxygen atoms in total. The quantitative estimate of drug-likeness (QED) is 0.612. The van der Waals surface area contributed by atoms with Crippen LogP contribution >= 0.6 is 23.1 Å². The summed E-state index contributed by atoms with van der Waals surface area (Å²) in [5.74, 6) is 1.37. The molecule has 2 aromatic heterocycles. The van der Waals surface area contributed by atoms with Crippen LogP contribution in [0.3, 0.4) is 0 Å². The third kappa shape index (κ3) is 1.62. The predicted molar refractivity (Wildman–Crippen MR) is 58.2 cm³/mol. The van der Waals surface area contributed by atoms with Crippen molar-refractivity contribution in [3.63, 3.8) is 0 Å². The van der Waals surface area contributed by atoms with Crippen LogP contribution < -0.4 is 5.73 Å². The first-order valence-corrected chi connectivity index (χ1v) is 5.81. The van der Waals surface area contributed by atoms with Crippen molar-refractivity contribution in [3.05, 3.63) is 11.4 Å². The van der Waals surface area contributed by atoms with Crippen molar-refractivity contribution in [2.75, 3.05) is 11.5 Å². The fourth-order valence-corrected chi connectivity index (χ4v) is 2.68. The van der Waals surface area contributed by atoms with E-state index in [1.165, 1.54) is 0 Å². The molecule has 2 N–H and O–H groups in total. The van der Waals surface area contributed by atoms with Gasteiger partial charge in [0.2, 0.25) is 5.95 Å². The second-order valence-electron chi connectivity index (χ2n) is 2.46. The molecule has 0 aliphatic carbocycles. The van der Waals surface area contributed by atoms with Gasteiger partial charge in [-0.15, -0.1) is 23.1 Å². The highest BCUT2D eigenvalue weighted by Crippen LogP contribution is 2.28. The smallest absolute Gasteiger partial charge is 0.222 e. The molecule has 0 fully saturated rings. The van der Waals surface area contributed by atoms with Crippen LogP contribution in [0.4, 0.5) is 5.95 Å². The summed E-state index contributed by atoms with van der Waals surface area (Å²) < 4.78 is 0. The lowest BCUT2D eigenvalue weighted by atomic mass is 10.4. The molecule has 0 aliphatic rings. The van der Waals surface area contributed by atoms with Gasteiger partial charge in [-0.2, -0.15) is 0 Å². The Morgan fingerprint density at radius 1 is 1.54 bits per heavy atom. The molecule has 0 amide bonds. The minimum atomic E-state index is 0.367. The highest BCUT2D eigenvalue weighted by molar-refractivity contribution is 7.99. The fraction of sp³-hybridized carbons (Fsp3) is 0.250. The first-order valence-electron chi connectivity index (χ1n) is 3.94. The molecule has 2 aromatic rings. The molecule has 0 bridgehead atoms. The van der Waals surface area contributed by atoms with Crippen LogP contribution in [-0.2, 0) is 0 Å². The summed E-state index contributed by atoms with van der Waals surface area (Å²) in [4.78, 5) is 9.33. The molecule has 0 atom stereocenters. The van der Waals surface area contributed by atoms with E-state index < -0.39 is 0 Å². The van der Waals surface area contributed by atoms with Crippen molar-refractivity contribution in [2.24, 2.45) is 0 Å². The monoisotopic (exact) mass is 211 g/mol. The van der Waals surface area contributed by atoms with Gasteiger partial charge >= 0.3 is 0 Å². The molecule has 2 rings (SSSR count). The Hall–Kier alpha value is -0.810. The molecule has 0 spiro atoms. The first kappa shape index (κ1) is 8.77. The number of nitrogens with two attached hydrogens (primary N) is 1. The Morgan fingerprint density at radius 3 is 3.15 bits per heavy atom. The second kappa shape index (κ2) is 3.51. The number of fused-ring (bicyclic) bond motifs is 1. The maximum atomic E-state index is 5.59. The van der Waals surface area contributed by atoms with E-state index in [2.05, 4.69) is 16.9 Å². The van der Waals surface area contributed by atoms with Crippen LogP contribution in [0.2, 0.25) is 0 Å². The summed E-state index contributed by atoms with van der Waals surface area (Å²) in [6.07, 6.45) is 0. The zero-order valence-corrected chi connectivity index (χ0v) is 8.78. The maximum absolute atomic E-state index is 5.59. The van der Waals surface area contributed by atoms with E-state index in [1.807, 2.05) is 11.4 Å². The van der Waals surface area contributed by atoms with Gasteiger partial charge in [-0.1, -0.05) is 6.92 Å². The minimum Gasteiger partial charge on any atom is -0.368 e. The van der Waals surface area contributed by atoms with E-state index >= 15 is 0 Å². The Balaban J connectivity index is 2.63. The summed E-state index contributed by atoms with van der Waals surface area (Å²) >= 11 is 3.30. The Bertz CT molecular complexity index is 424. The molecular weight excluding hydrogens is 202 g/mol. The molecule has 0 saturated heterocycles. The van der Waals surface area contributed by atoms with E-state index in [0.717, 1.165) is 21.0 Å². The number of aromatic nitrogens is 2. The first-order chi connectivity index (χ1) is 6.31. The average molecular weight is 211 g/mol. The molecular formula is C8H9N3S2. The molecule has 0 radical (unpaired) electrons. The summed E-state index contributed by atoms with van der Waals surface area (Å²) in [6, 6.07) is 2.04. The number of rotatable bonds is 2. The van der Waals surface area contributed by atoms with Crippen LogP contribution in [0.5, 0.6) is 0 Å². The molecule has 2 heterocycles. The van der Waals surface area contributed by atoms with Gasteiger partial charge in [0, 0.05) is 5.39 Å². The van der Waals surface area contributed by atoms with Gasteiger partial charge in [0.15, 0.2) is 0 Å². The lowest BCUT2D eigenvalue weighted by Crippen LogP contribution is -1.95. The highest BCUT2D eigenvalue weighted by atomic mass is 32.2. The highest BCUT2D eigenvalue weighted by Gasteiger charge is 2.06. The van der Waals surface area contributed by atoms with Gasteiger partial charge in [0.05, 0.1) is 0 Å². The van der Waals surface area contributed by atoms with Crippen molar-refractivity contribution in [1.29, 1.82) is 0 Å². The van der Waals surface area contributed by atoms with E-state index in [0.29, 0.717) is 5.95 Å². The fourth-order valence-electron chi connectivity index (χ4n) is 1.09. The molecule has 5 heteroatoms. The zero-order chi connectivity index (χ0) is 9.26. The van der Waals surface area contributed by atoms with E-state index in [9.17, 15) is 0 Å². The molecule has 0 unspecified atom stereocenters. The topological polar surface area (TPSA) is 51.8 Å². The number of nitrogen functional groups attached to an aromatic ring is 1. The lowest BCUT2D eigenvalue weighted by Gasteiger charge is -2.00. The summed E-state index contributed by atoms with van der Waals surface area (Å²) in [5, 5.41) is 4.12. The lowest BCUT2D eigenvalue weighted by molar-refractivity contribution is 1.13. The van der Waals surface area contributed by atoms with E-state index in [1.54, 1.807) is 23.1 Å². The normalized spacial score (nSPS) is 10.8. The van der Waals surface area contributed by atoms with Crippen LogP contribution in [0.15, 0.2) is 16.5 Å². The Kier molecular flexibility index (Phi) is 2.37. The number of hydrogen-bond acceptors (Lipinski definition) is 5. The predicted octanol–water partition coefficient (Wildman–Crippen LogP) is 2.39. The maximum Gasteiger partial charge on any atom is 0.222 e. The number of anilines is 1. The van der Waals surface area contributed by atoms with Gasteiger partial charge in [0.1, 0.15) is 9.86 Å². The summed E-state index contributed by atoms with van der Waals surface area (Å²) in [7, 11) is 0. The van der Waals surface area contributed by atoms with Gasteiger partial charge in [0.25, 0.3) is 0 Å². The summed E-state index contributed by atoms with van der Waals surface area (Å²) in [6.45, 7) is 2.10. The van der Waals surface area contributed by atoms with Gasteiger partial charge in [-0.25, -0.2) is 9.97 Å². The molecule has 0 aromatic carbocycles. The molecule has 0 aliphatic heterocycles. The van der Waals surface area contributed by atoms with Crippen molar-refractivity contribution in [2.45, 2.75) is 11.9 Å². The Labute approximate surface area is 84.4 Å². The molecule has 0 saturated carbocycles. The number of nitrogens with zero attached hydrogens (tertiary/aromatic N) is 2. The summed E-state index contributed by atoms with van der Waals surface area (Å²) in [5.41, 5.74) is 5.59. The number of thioether (sulfide) groups is 1. The third-order valence-electron chi connectivity index (χ3n) is 1.59. The second-order valence-corrected chi connectivity index (χ2v) is 4.61. The van der Waals surface area contributed by atoms with Crippen molar-refractivity contribution in [1.82, 2.24) is 9.97 Å². The number of thiophene rings is 1. The third-order valence-corrected chi connectivity index (χ3v) is 3.27. The van der Waals surface area contributed by atoms with Crippen molar-refractivity contribution >= 4 is 39.3 Å². The standard InChI is InChI=1S/C8H9N3S2/c1-2-12-6-5-3-4-13-7(5)11-8(9)10-6/h3-4H,2H2,1H3,(H2,9,10,11). The SMILES string of the molecule is CCSc1nc(N)nc2sccc12. The van der Waals surface area contributed by atoms with Crippen molar-refractivity contribution in [3.8, 4) is 0 Å².